The van der Waals surface area contributed by atoms with Gasteiger partial charge in [0.1, 0.15) is 0 Å². The predicted octanol–water partition coefficient (Wildman–Crippen LogP) is 2.45. The molecule has 2 amide bonds. The Hall–Kier alpha value is -2.66. The molecule has 2 aromatic carbocycles. The summed E-state index contributed by atoms with van der Waals surface area (Å²) in [4.78, 5) is 25.7. The van der Waals surface area contributed by atoms with Gasteiger partial charge in [-0.15, -0.1) is 0 Å². The highest BCUT2D eigenvalue weighted by Crippen LogP contribution is 2.27. The summed E-state index contributed by atoms with van der Waals surface area (Å²) in [5.41, 5.74) is 3.31. The lowest BCUT2D eigenvalue weighted by atomic mass is 9.99. The molecule has 0 bridgehead atoms. The maximum Gasteiger partial charge on any atom is 0.251 e. The quantitative estimate of drug-likeness (QED) is 0.880. The SMILES string of the molecule is CN1C(=O)CCc2cc(C(=O)NCCC(O)c3ccccc3)ccc21. The summed E-state index contributed by atoms with van der Waals surface area (Å²) < 4.78 is 0. The first-order chi connectivity index (χ1) is 12.1. The molecule has 1 atom stereocenters. The van der Waals surface area contributed by atoms with Gasteiger partial charge in [-0.25, -0.2) is 0 Å². The van der Waals surface area contributed by atoms with Gasteiger partial charge in [0.15, 0.2) is 0 Å². The summed E-state index contributed by atoms with van der Waals surface area (Å²) in [6.45, 7) is 0.393. The second-order valence-corrected chi connectivity index (χ2v) is 6.27. The molecule has 130 valence electrons. The van der Waals surface area contributed by atoms with E-state index >= 15 is 0 Å². The number of anilines is 1. The monoisotopic (exact) mass is 338 g/mol. The number of aliphatic hydroxyl groups is 1. The van der Waals surface area contributed by atoms with Gasteiger partial charge in [-0.05, 0) is 42.2 Å². The Labute approximate surface area is 147 Å². The molecule has 1 aliphatic rings. The standard InChI is InChI=1S/C20H22N2O3/c1-22-17-9-7-16(13-15(17)8-10-19(22)24)20(25)21-12-11-18(23)14-5-3-2-4-6-14/h2-7,9,13,18,23H,8,10-12H2,1H3,(H,21,25). The average Bonchev–Trinajstić information content (AvgIpc) is 2.65. The summed E-state index contributed by atoms with van der Waals surface area (Å²) in [7, 11) is 1.76. The van der Waals surface area contributed by atoms with Crippen molar-refractivity contribution in [3.8, 4) is 0 Å². The Morgan fingerprint density at radius 3 is 2.72 bits per heavy atom. The molecule has 0 aliphatic carbocycles. The topological polar surface area (TPSA) is 69.6 Å². The first-order valence-corrected chi connectivity index (χ1v) is 8.47. The Kier molecular flexibility index (Phi) is 5.14. The highest BCUT2D eigenvalue weighted by molar-refractivity contribution is 5.98. The molecular formula is C20H22N2O3. The lowest BCUT2D eigenvalue weighted by Crippen LogP contribution is -2.31. The van der Waals surface area contributed by atoms with E-state index in [2.05, 4.69) is 5.32 Å². The fourth-order valence-corrected chi connectivity index (χ4v) is 3.06. The van der Waals surface area contributed by atoms with Crippen LogP contribution in [0, 0.1) is 0 Å². The minimum absolute atomic E-state index is 0.0969. The third-order valence-electron chi connectivity index (χ3n) is 4.57. The molecule has 0 spiro atoms. The molecule has 1 aliphatic heterocycles. The Morgan fingerprint density at radius 1 is 1.20 bits per heavy atom. The summed E-state index contributed by atoms with van der Waals surface area (Å²) in [6, 6.07) is 14.8. The lowest BCUT2D eigenvalue weighted by Gasteiger charge is -2.26. The van der Waals surface area contributed by atoms with Crippen molar-refractivity contribution in [2.75, 3.05) is 18.5 Å². The number of aryl methyl sites for hydroxylation is 1. The predicted molar refractivity (Wildman–Crippen MR) is 96.5 cm³/mol. The zero-order chi connectivity index (χ0) is 17.8. The summed E-state index contributed by atoms with van der Waals surface area (Å²) in [6.07, 6.45) is 0.993. The van der Waals surface area contributed by atoms with E-state index in [1.165, 1.54) is 0 Å². The minimum Gasteiger partial charge on any atom is -0.388 e. The number of aliphatic hydroxyl groups excluding tert-OH is 1. The fraction of sp³-hybridized carbons (Fsp3) is 0.300. The van der Waals surface area contributed by atoms with Crippen LogP contribution in [0.3, 0.4) is 0 Å². The number of amides is 2. The van der Waals surface area contributed by atoms with E-state index in [1.54, 1.807) is 18.0 Å². The summed E-state index contributed by atoms with van der Waals surface area (Å²) >= 11 is 0. The molecule has 5 heteroatoms. The zero-order valence-electron chi connectivity index (χ0n) is 14.2. The van der Waals surface area contributed by atoms with E-state index in [9.17, 15) is 14.7 Å². The molecule has 0 saturated heterocycles. The van der Waals surface area contributed by atoms with E-state index in [0.717, 1.165) is 16.8 Å². The maximum atomic E-state index is 12.3. The minimum atomic E-state index is -0.593. The van der Waals surface area contributed by atoms with Gasteiger partial charge in [-0.3, -0.25) is 9.59 Å². The Bertz CT molecular complexity index is 774. The van der Waals surface area contributed by atoms with Crippen LogP contribution in [0.1, 0.15) is 40.4 Å². The van der Waals surface area contributed by atoms with Crippen LogP contribution in [0.4, 0.5) is 5.69 Å². The third-order valence-corrected chi connectivity index (χ3v) is 4.57. The molecule has 2 aromatic rings. The van der Waals surface area contributed by atoms with Crippen LogP contribution in [-0.2, 0) is 11.2 Å². The largest absolute Gasteiger partial charge is 0.388 e. The van der Waals surface area contributed by atoms with E-state index in [1.807, 2.05) is 42.5 Å². The fourth-order valence-electron chi connectivity index (χ4n) is 3.06. The van der Waals surface area contributed by atoms with E-state index in [4.69, 9.17) is 0 Å². The van der Waals surface area contributed by atoms with E-state index in [0.29, 0.717) is 31.4 Å². The van der Waals surface area contributed by atoms with Crippen molar-refractivity contribution in [2.45, 2.75) is 25.4 Å². The van der Waals surface area contributed by atoms with Crippen molar-refractivity contribution in [1.29, 1.82) is 0 Å². The van der Waals surface area contributed by atoms with Gasteiger partial charge in [0.25, 0.3) is 5.91 Å². The Morgan fingerprint density at radius 2 is 1.96 bits per heavy atom. The highest BCUT2D eigenvalue weighted by atomic mass is 16.3. The highest BCUT2D eigenvalue weighted by Gasteiger charge is 2.21. The van der Waals surface area contributed by atoms with Crippen LogP contribution < -0.4 is 10.2 Å². The van der Waals surface area contributed by atoms with Gasteiger partial charge in [0.05, 0.1) is 6.10 Å². The van der Waals surface area contributed by atoms with Crippen LogP contribution in [-0.4, -0.2) is 30.5 Å². The first kappa shape index (κ1) is 17.2. The van der Waals surface area contributed by atoms with Crippen LogP contribution in [0.25, 0.3) is 0 Å². The first-order valence-electron chi connectivity index (χ1n) is 8.47. The Balaban J connectivity index is 1.58. The second-order valence-electron chi connectivity index (χ2n) is 6.27. The zero-order valence-corrected chi connectivity index (χ0v) is 14.2. The molecule has 3 rings (SSSR count). The maximum absolute atomic E-state index is 12.3. The number of carbonyl (C=O) groups is 2. The van der Waals surface area contributed by atoms with Gasteiger partial charge in [-0.1, -0.05) is 30.3 Å². The number of carbonyl (C=O) groups excluding carboxylic acids is 2. The van der Waals surface area contributed by atoms with Crippen molar-refractivity contribution in [3.05, 3.63) is 65.2 Å². The number of benzene rings is 2. The normalized spacial score (nSPS) is 14.8. The molecule has 0 saturated carbocycles. The van der Waals surface area contributed by atoms with Gasteiger partial charge in [0, 0.05) is 31.3 Å². The van der Waals surface area contributed by atoms with Crippen LogP contribution in [0.2, 0.25) is 0 Å². The molecular weight excluding hydrogens is 316 g/mol. The summed E-state index contributed by atoms with van der Waals surface area (Å²) in [5.74, 6) is -0.0674. The number of fused-ring (bicyclic) bond motifs is 1. The number of nitrogens with zero attached hydrogens (tertiary/aromatic N) is 1. The third kappa shape index (κ3) is 3.88. The molecule has 2 N–H and O–H groups in total. The van der Waals surface area contributed by atoms with Gasteiger partial charge in [0.2, 0.25) is 5.91 Å². The molecule has 0 radical (unpaired) electrons. The van der Waals surface area contributed by atoms with Crippen LogP contribution in [0.15, 0.2) is 48.5 Å². The smallest absolute Gasteiger partial charge is 0.251 e. The van der Waals surface area contributed by atoms with Crippen molar-refractivity contribution in [3.63, 3.8) is 0 Å². The van der Waals surface area contributed by atoms with E-state index < -0.39 is 6.10 Å². The number of hydrogen-bond donors (Lipinski definition) is 2. The van der Waals surface area contributed by atoms with Crippen molar-refractivity contribution < 1.29 is 14.7 Å². The van der Waals surface area contributed by atoms with Crippen molar-refractivity contribution in [2.24, 2.45) is 0 Å². The number of hydrogen-bond acceptors (Lipinski definition) is 3. The van der Waals surface area contributed by atoms with Gasteiger partial charge >= 0.3 is 0 Å². The van der Waals surface area contributed by atoms with Crippen molar-refractivity contribution >= 4 is 17.5 Å². The molecule has 5 nitrogen and oxygen atoms in total. The molecule has 1 unspecified atom stereocenters. The number of rotatable bonds is 5. The van der Waals surface area contributed by atoms with Crippen LogP contribution in [0.5, 0.6) is 0 Å². The molecule has 0 aromatic heterocycles. The van der Waals surface area contributed by atoms with E-state index in [-0.39, 0.29) is 11.8 Å². The lowest BCUT2D eigenvalue weighted by molar-refractivity contribution is -0.118. The molecule has 25 heavy (non-hydrogen) atoms. The number of nitrogens with one attached hydrogen (secondary N) is 1. The molecule has 0 fully saturated rings. The summed E-state index contributed by atoms with van der Waals surface area (Å²) in [5, 5.41) is 13.0. The van der Waals surface area contributed by atoms with Crippen LogP contribution >= 0.6 is 0 Å². The van der Waals surface area contributed by atoms with Crippen molar-refractivity contribution in [1.82, 2.24) is 5.32 Å². The molecule has 1 heterocycles. The van der Waals surface area contributed by atoms with Gasteiger partial charge in [-0.2, -0.15) is 0 Å². The second kappa shape index (κ2) is 7.49. The average molecular weight is 338 g/mol. The van der Waals surface area contributed by atoms with Gasteiger partial charge < -0.3 is 15.3 Å².